The second-order valence-electron chi connectivity index (χ2n) is 3.23. The summed E-state index contributed by atoms with van der Waals surface area (Å²) >= 11 is 5.37. The zero-order valence-electron chi connectivity index (χ0n) is 7.35. The van der Waals surface area contributed by atoms with Gasteiger partial charge in [-0.05, 0) is 20.3 Å². The Morgan fingerprint density at radius 3 is 2.23 bits per heavy atom. The molecule has 0 saturated carbocycles. The molecule has 0 fully saturated rings. The molecule has 0 aliphatic carbocycles. The number of halogens is 3. The molecule has 0 aliphatic heterocycles. The quantitative estimate of drug-likeness (QED) is 0.735. The lowest BCUT2D eigenvalue weighted by molar-refractivity contribution is 0.228. The molecule has 0 aromatic rings. The van der Waals surface area contributed by atoms with E-state index in [0.29, 0.717) is 6.42 Å². The van der Waals surface area contributed by atoms with Gasteiger partial charge in [0.15, 0.2) is 0 Å². The fraction of sp³-hybridized carbons (Fsp3) is 1.00. The highest BCUT2D eigenvalue weighted by Gasteiger charge is 2.30. The highest BCUT2D eigenvalue weighted by molar-refractivity contribution is 7.89. The summed E-state index contributed by atoms with van der Waals surface area (Å²) in [5, 5.41) is 0. The van der Waals surface area contributed by atoms with Gasteiger partial charge in [0.2, 0.25) is 0 Å². The predicted octanol–water partition coefficient (Wildman–Crippen LogP) is 1.54. The van der Waals surface area contributed by atoms with Crippen LogP contribution in [-0.2, 0) is 10.0 Å². The minimum absolute atomic E-state index is 0.207. The molecule has 0 amide bonds. The Morgan fingerprint density at radius 1 is 1.46 bits per heavy atom. The summed E-state index contributed by atoms with van der Waals surface area (Å²) in [5.74, 6) is -3.19. The molecule has 0 rings (SSSR count). The van der Waals surface area contributed by atoms with Crippen molar-refractivity contribution in [1.29, 1.82) is 0 Å². The second-order valence-corrected chi connectivity index (χ2v) is 5.26. The predicted molar refractivity (Wildman–Crippen MR) is 47.5 cm³/mol. The van der Waals surface area contributed by atoms with E-state index in [-0.39, 0.29) is 5.88 Å². The molecule has 0 heterocycles. The van der Waals surface area contributed by atoms with Crippen molar-refractivity contribution in [2.45, 2.75) is 31.6 Å². The molecule has 1 N–H and O–H groups in total. The lowest BCUT2D eigenvalue weighted by Crippen LogP contribution is -2.45. The molecule has 0 bridgehead atoms. The van der Waals surface area contributed by atoms with E-state index in [2.05, 4.69) is 0 Å². The molecule has 3 nitrogen and oxygen atoms in total. The molecule has 13 heavy (non-hydrogen) atoms. The Labute approximate surface area is 81.5 Å². The van der Waals surface area contributed by atoms with Crippen LogP contribution in [0.15, 0.2) is 0 Å². The first-order valence-corrected chi connectivity index (χ1v) is 5.66. The van der Waals surface area contributed by atoms with Gasteiger partial charge in [-0.25, -0.2) is 13.1 Å². The Hall–Kier alpha value is 0.0600. The van der Waals surface area contributed by atoms with Crippen LogP contribution in [0.2, 0.25) is 0 Å². The van der Waals surface area contributed by atoms with Gasteiger partial charge in [-0.1, -0.05) is 0 Å². The van der Waals surface area contributed by atoms with E-state index in [1.165, 1.54) is 13.8 Å². The van der Waals surface area contributed by atoms with Gasteiger partial charge in [-0.15, -0.1) is 11.6 Å². The number of sulfonamides is 1. The van der Waals surface area contributed by atoms with Gasteiger partial charge in [0.05, 0.1) is 0 Å². The highest BCUT2D eigenvalue weighted by Crippen LogP contribution is 2.14. The van der Waals surface area contributed by atoms with Crippen LogP contribution in [0.3, 0.4) is 0 Å². The van der Waals surface area contributed by atoms with Crippen LogP contribution in [0.25, 0.3) is 0 Å². The van der Waals surface area contributed by atoms with Crippen LogP contribution in [0.5, 0.6) is 0 Å². The standard InChI is InChI=1S/C6H12ClF2NO2S/c1-6(2,3-4-7)10-13(11,12)5(8)9/h5,10H,3-4H2,1-2H3. The normalized spacial score (nSPS) is 13.7. The number of hydrogen-bond donors (Lipinski definition) is 1. The third-order valence-corrected chi connectivity index (χ3v) is 2.87. The molecule has 0 saturated heterocycles. The number of nitrogens with one attached hydrogen (secondary N) is 1. The minimum Gasteiger partial charge on any atom is -0.206 e. The molecular formula is C6H12ClF2NO2S. The summed E-state index contributed by atoms with van der Waals surface area (Å²) < 4.78 is 47.1. The maximum Gasteiger partial charge on any atom is 0.350 e. The third kappa shape index (κ3) is 4.73. The van der Waals surface area contributed by atoms with E-state index >= 15 is 0 Å². The second kappa shape index (κ2) is 4.52. The molecule has 0 aromatic heterocycles. The van der Waals surface area contributed by atoms with E-state index in [0.717, 1.165) is 0 Å². The molecule has 0 aromatic carbocycles. The lowest BCUT2D eigenvalue weighted by Gasteiger charge is -2.24. The number of hydrogen-bond acceptors (Lipinski definition) is 2. The lowest BCUT2D eigenvalue weighted by atomic mass is 10.0. The van der Waals surface area contributed by atoms with Gasteiger partial charge in [0.25, 0.3) is 10.0 Å². The molecule has 0 atom stereocenters. The van der Waals surface area contributed by atoms with Crippen molar-refractivity contribution in [3.05, 3.63) is 0 Å². The maximum absolute atomic E-state index is 11.9. The SMILES string of the molecule is CC(C)(CCCl)NS(=O)(=O)C(F)F. The molecule has 0 spiro atoms. The fourth-order valence-corrected chi connectivity index (χ4v) is 2.15. The van der Waals surface area contributed by atoms with Gasteiger partial charge in [-0.2, -0.15) is 8.78 Å². The van der Waals surface area contributed by atoms with Crippen LogP contribution in [0.4, 0.5) is 8.78 Å². The Kier molecular flexibility index (Phi) is 4.54. The first-order chi connectivity index (χ1) is 5.71. The van der Waals surface area contributed by atoms with Crippen molar-refractivity contribution in [3.8, 4) is 0 Å². The van der Waals surface area contributed by atoms with Crippen LogP contribution < -0.4 is 4.72 Å². The van der Waals surface area contributed by atoms with Crippen molar-refractivity contribution in [1.82, 2.24) is 4.72 Å². The van der Waals surface area contributed by atoms with Gasteiger partial charge in [0.1, 0.15) is 0 Å². The van der Waals surface area contributed by atoms with Crippen LogP contribution >= 0.6 is 11.6 Å². The van der Waals surface area contributed by atoms with Gasteiger partial charge >= 0.3 is 5.76 Å². The van der Waals surface area contributed by atoms with Crippen LogP contribution in [-0.4, -0.2) is 25.6 Å². The van der Waals surface area contributed by atoms with Crippen LogP contribution in [0, 0.1) is 0 Å². The fourth-order valence-electron chi connectivity index (χ4n) is 0.717. The molecular weight excluding hydrogens is 224 g/mol. The average Bonchev–Trinajstić information content (AvgIpc) is 1.83. The third-order valence-electron chi connectivity index (χ3n) is 1.37. The van der Waals surface area contributed by atoms with Crippen molar-refractivity contribution >= 4 is 21.6 Å². The smallest absolute Gasteiger partial charge is 0.206 e. The van der Waals surface area contributed by atoms with Gasteiger partial charge in [-0.3, -0.25) is 0 Å². The zero-order valence-corrected chi connectivity index (χ0v) is 8.92. The van der Waals surface area contributed by atoms with Crippen molar-refractivity contribution in [3.63, 3.8) is 0 Å². The van der Waals surface area contributed by atoms with E-state index in [1.807, 2.05) is 4.72 Å². The van der Waals surface area contributed by atoms with Gasteiger partial charge < -0.3 is 0 Å². The summed E-state index contributed by atoms with van der Waals surface area (Å²) in [6.45, 7) is 2.99. The van der Waals surface area contributed by atoms with Crippen molar-refractivity contribution in [2.24, 2.45) is 0 Å². The first kappa shape index (κ1) is 13.1. The monoisotopic (exact) mass is 235 g/mol. The van der Waals surface area contributed by atoms with Crippen molar-refractivity contribution < 1.29 is 17.2 Å². The van der Waals surface area contributed by atoms with E-state index < -0.39 is 21.3 Å². The summed E-state index contributed by atoms with van der Waals surface area (Å²) in [6.07, 6.45) is 0.292. The van der Waals surface area contributed by atoms with Crippen LogP contribution in [0.1, 0.15) is 20.3 Å². The maximum atomic E-state index is 11.9. The molecule has 0 unspecified atom stereocenters. The van der Waals surface area contributed by atoms with E-state index in [1.54, 1.807) is 0 Å². The Balaban J connectivity index is 4.43. The minimum atomic E-state index is -4.52. The van der Waals surface area contributed by atoms with Crippen molar-refractivity contribution in [2.75, 3.05) is 5.88 Å². The van der Waals surface area contributed by atoms with E-state index in [9.17, 15) is 17.2 Å². The van der Waals surface area contributed by atoms with Gasteiger partial charge in [0, 0.05) is 11.4 Å². The largest absolute Gasteiger partial charge is 0.350 e. The summed E-state index contributed by atoms with van der Waals surface area (Å²) in [4.78, 5) is 0. The average molecular weight is 236 g/mol. The molecule has 80 valence electrons. The highest BCUT2D eigenvalue weighted by atomic mass is 35.5. The number of alkyl halides is 3. The summed E-state index contributed by atoms with van der Waals surface area (Å²) in [7, 11) is -4.52. The number of rotatable bonds is 5. The topological polar surface area (TPSA) is 46.2 Å². The van der Waals surface area contributed by atoms with E-state index in [4.69, 9.17) is 11.6 Å². The Morgan fingerprint density at radius 2 is 1.92 bits per heavy atom. The Bertz CT molecular complexity index is 253. The summed E-state index contributed by atoms with van der Waals surface area (Å²) in [6, 6.07) is 0. The molecule has 7 heteroatoms. The summed E-state index contributed by atoms with van der Waals surface area (Å²) in [5.41, 5.74) is -0.934. The molecule has 0 radical (unpaired) electrons. The first-order valence-electron chi connectivity index (χ1n) is 3.58. The molecule has 0 aliphatic rings. The zero-order chi connectivity index (χ0) is 10.7.